The highest BCUT2D eigenvalue weighted by Gasteiger charge is 2.36. The van der Waals surface area contributed by atoms with Crippen molar-refractivity contribution in [3.05, 3.63) is 24.3 Å². The first-order chi connectivity index (χ1) is 10.5. The lowest BCUT2D eigenvalue weighted by atomic mass is 10.3. The van der Waals surface area contributed by atoms with Crippen molar-refractivity contribution in [2.75, 3.05) is 25.0 Å². The molecule has 9 heteroatoms. The summed E-state index contributed by atoms with van der Waals surface area (Å²) in [5, 5.41) is 0. The minimum absolute atomic E-state index is 0.177. The number of carbonyl (C=O) groups excluding carboxylic acids is 1. The van der Waals surface area contributed by atoms with Gasteiger partial charge in [0.15, 0.2) is 0 Å². The van der Waals surface area contributed by atoms with E-state index in [1.54, 1.807) is 0 Å². The summed E-state index contributed by atoms with van der Waals surface area (Å²) < 4.78 is 62.3. The van der Waals surface area contributed by atoms with E-state index in [4.69, 9.17) is 6.42 Å². The molecule has 0 saturated carbocycles. The van der Waals surface area contributed by atoms with Crippen LogP contribution in [-0.2, 0) is 14.8 Å². The summed E-state index contributed by atoms with van der Waals surface area (Å²) in [5.74, 6) is 1.63. The van der Waals surface area contributed by atoms with Crippen LogP contribution in [0.15, 0.2) is 29.2 Å². The smallest absolute Gasteiger partial charge is 0.316 e. The maximum atomic E-state index is 12.5. The van der Waals surface area contributed by atoms with Crippen molar-refractivity contribution in [3.8, 4) is 12.3 Å². The van der Waals surface area contributed by atoms with Crippen LogP contribution in [0.1, 0.15) is 6.92 Å². The van der Waals surface area contributed by atoms with E-state index < -0.39 is 29.3 Å². The van der Waals surface area contributed by atoms with Crippen LogP contribution in [0.2, 0.25) is 0 Å². The maximum absolute atomic E-state index is 12.5. The standard InChI is InChI=1S/C14H15F3N2O3S/c1-4-9-19(10-14(15,16)17)23(21,22)13-7-5-12(6-8-13)18(3)11(2)20/h1,5-8H,9-10H2,2-3H3. The number of sulfonamides is 1. The normalized spacial score (nSPS) is 12.0. The van der Waals surface area contributed by atoms with Gasteiger partial charge < -0.3 is 4.90 Å². The van der Waals surface area contributed by atoms with Crippen molar-refractivity contribution >= 4 is 21.6 Å². The third-order valence-corrected chi connectivity index (χ3v) is 4.76. The Bertz CT molecular complexity index is 706. The molecule has 1 amide bonds. The quantitative estimate of drug-likeness (QED) is 0.763. The number of anilines is 1. The highest BCUT2D eigenvalue weighted by molar-refractivity contribution is 7.89. The van der Waals surface area contributed by atoms with Crippen molar-refractivity contribution in [2.24, 2.45) is 0 Å². The van der Waals surface area contributed by atoms with Gasteiger partial charge in [0.25, 0.3) is 0 Å². The Hall–Kier alpha value is -2.05. The second-order valence-electron chi connectivity index (χ2n) is 4.66. The lowest BCUT2D eigenvalue weighted by Crippen LogP contribution is -2.39. The fraction of sp³-hybridized carbons (Fsp3) is 0.357. The van der Waals surface area contributed by atoms with Crippen LogP contribution in [0.3, 0.4) is 0 Å². The molecule has 0 aromatic heterocycles. The number of carbonyl (C=O) groups is 1. The Balaban J connectivity index is 3.15. The monoisotopic (exact) mass is 348 g/mol. The number of amides is 1. The number of nitrogens with zero attached hydrogens (tertiary/aromatic N) is 2. The molecule has 5 nitrogen and oxygen atoms in total. The summed E-state index contributed by atoms with van der Waals surface area (Å²) >= 11 is 0. The molecule has 1 aromatic rings. The first-order valence-corrected chi connectivity index (χ1v) is 7.78. The summed E-state index contributed by atoms with van der Waals surface area (Å²) in [6.45, 7) is -1.05. The number of halogens is 3. The number of rotatable bonds is 5. The van der Waals surface area contributed by atoms with Crippen molar-refractivity contribution in [1.82, 2.24) is 4.31 Å². The molecule has 0 spiro atoms. The van der Waals surface area contributed by atoms with Gasteiger partial charge in [0.1, 0.15) is 6.54 Å². The average molecular weight is 348 g/mol. The van der Waals surface area contributed by atoms with Crippen LogP contribution in [0.4, 0.5) is 18.9 Å². The second kappa shape index (κ2) is 7.02. The SMILES string of the molecule is C#CCN(CC(F)(F)F)S(=O)(=O)c1ccc(N(C)C(C)=O)cc1. The zero-order valence-corrected chi connectivity index (χ0v) is 13.3. The first-order valence-electron chi connectivity index (χ1n) is 6.34. The number of benzene rings is 1. The molecule has 0 saturated heterocycles. The summed E-state index contributed by atoms with van der Waals surface area (Å²) in [6, 6.07) is 4.92. The molecule has 0 fully saturated rings. The molecule has 0 heterocycles. The van der Waals surface area contributed by atoms with Crippen molar-refractivity contribution < 1.29 is 26.4 Å². The average Bonchev–Trinajstić information content (AvgIpc) is 2.44. The second-order valence-corrected chi connectivity index (χ2v) is 6.60. The fourth-order valence-corrected chi connectivity index (χ4v) is 3.04. The molecule has 1 rings (SSSR count). The molecule has 23 heavy (non-hydrogen) atoms. The predicted molar refractivity (Wildman–Crippen MR) is 79.2 cm³/mol. The Kier molecular flexibility index (Phi) is 5.80. The molecule has 0 aliphatic carbocycles. The van der Waals surface area contributed by atoms with Gasteiger partial charge >= 0.3 is 6.18 Å². The molecular weight excluding hydrogens is 333 g/mol. The highest BCUT2D eigenvalue weighted by Crippen LogP contribution is 2.24. The van der Waals surface area contributed by atoms with Crippen LogP contribution < -0.4 is 4.90 Å². The van der Waals surface area contributed by atoms with Gasteiger partial charge in [-0.1, -0.05) is 5.92 Å². The van der Waals surface area contributed by atoms with Gasteiger partial charge in [-0.05, 0) is 24.3 Å². The molecule has 0 aliphatic rings. The Morgan fingerprint density at radius 2 is 1.78 bits per heavy atom. The Morgan fingerprint density at radius 1 is 1.26 bits per heavy atom. The van der Waals surface area contributed by atoms with E-state index in [0.29, 0.717) is 5.69 Å². The number of alkyl halides is 3. The Labute approximate surface area is 132 Å². The maximum Gasteiger partial charge on any atom is 0.402 e. The molecule has 126 valence electrons. The van der Waals surface area contributed by atoms with Crippen molar-refractivity contribution in [1.29, 1.82) is 0 Å². The van der Waals surface area contributed by atoms with E-state index in [1.165, 1.54) is 31.0 Å². The lowest BCUT2D eigenvalue weighted by molar-refractivity contribution is -0.135. The number of hydrogen-bond acceptors (Lipinski definition) is 3. The molecule has 1 aromatic carbocycles. The van der Waals surface area contributed by atoms with E-state index >= 15 is 0 Å². The van der Waals surface area contributed by atoms with Crippen molar-refractivity contribution in [2.45, 2.75) is 18.0 Å². The van der Waals surface area contributed by atoms with E-state index in [-0.39, 0.29) is 15.1 Å². The van der Waals surface area contributed by atoms with E-state index in [1.807, 2.05) is 5.92 Å². The van der Waals surface area contributed by atoms with Crippen LogP contribution >= 0.6 is 0 Å². The number of hydrogen-bond donors (Lipinski definition) is 0. The molecule has 0 atom stereocenters. The molecule has 0 radical (unpaired) electrons. The minimum atomic E-state index is -4.71. The molecule has 0 aliphatic heterocycles. The third-order valence-electron chi connectivity index (χ3n) is 2.96. The van der Waals surface area contributed by atoms with Gasteiger partial charge in [0.2, 0.25) is 15.9 Å². The third kappa shape index (κ3) is 4.97. The molecular formula is C14H15F3N2O3S. The van der Waals surface area contributed by atoms with Gasteiger partial charge in [-0.3, -0.25) is 4.79 Å². The van der Waals surface area contributed by atoms with Gasteiger partial charge in [-0.2, -0.15) is 17.5 Å². The largest absolute Gasteiger partial charge is 0.402 e. The van der Waals surface area contributed by atoms with E-state index in [2.05, 4.69) is 0 Å². The van der Waals surface area contributed by atoms with Gasteiger partial charge in [0, 0.05) is 19.7 Å². The summed E-state index contributed by atoms with van der Waals surface area (Å²) in [5.41, 5.74) is 0.413. The lowest BCUT2D eigenvalue weighted by Gasteiger charge is -2.22. The molecule has 0 unspecified atom stereocenters. The summed E-state index contributed by atoms with van der Waals surface area (Å²) in [7, 11) is -2.91. The predicted octanol–water partition coefficient (Wildman–Crippen LogP) is 1.86. The van der Waals surface area contributed by atoms with Crippen LogP contribution in [0, 0.1) is 12.3 Å². The topological polar surface area (TPSA) is 57.7 Å². The zero-order chi connectivity index (χ0) is 17.8. The van der Waals surface area contributed by atoms with Crippen molar-refractivity contribution in [3.63, 3.8) is 0 Å². The summed E-state index contributed by atoms with van der Waals surface area (Å²) in [6.07, 6.45) is 0.243. The van der Waals surface area contributed by atoms with Gasteiger partial charge in [-0.25, -0.2) is 8.42 Å². The van der Waals surface area contributed by atoms with Crippen LogP contribution in [-0.4, -0.2) is 44.9 Å². The molecule has 0 bridgehead atoms. The Morgan fingerprint density at radius 3 is 2.17 bits per heavy atom. The van der Waals surface area contributed by atoms with Gasteiger partial charge in [-0.15, -0.1) is 6.42 Å². The highest BCUT2D eigenvalue weighted by atomic mass is 32.2. The fourth-order valence-electron chi connectivity index (χ4n) is 1.70. The molecule has 0 N–H and O–H groups in total. The summed E-state index contributed by atoms with van der Waals surface area (Å²) in [4.78, 5) is 12.2. The first kappa shape index (κ1) is 19.0. The number of terminal acetylenes is 1. The van der Waals surface area contributed by atoms with E-state index in [9.17, 15) is 26.4 Å². The van der Waals surface area contributed by atoms with Crippen LogP contribution in [0.25, 0.3) is 0 Å². The minimum Gasteiger partial charge on any atom is -0.316 e. The van der Waals surface area contributed by atoms with E-state index in [0.717, 1.165) is 12.1 Å². The van der Waals surface area contributed by atoms with Gasteiger partial charge in [0.05, 0.1) is 11.4 Å². The van der Waals surface area contributed by atoms with Crippen LogP contribution in [0.5, 0.6) is 0 Å². The zero-order valence-electron chi connectivity index (χ0n) is 12.5.